The molecule has 2 aromatic carbocycles. The number of aliphatic hydroxyl groups is 1. The Bertz CT molecular complexity index is 1200. The third kappa shape index (κ3) is 4.67. The average Bonchev–Trinajstić information content (AvgIpc) is 3.25. The number of piperazine rings is 1. The molecule has 3 aliphatic rings. The molecular weight excluding hydrogens is 489 g/mol. The maximum Gasteiger partial charge on any atom is 0.338 e. The number of methoxy groups -OCH3 is 1. The van der Waals surface area contributed by atoms with Crippen LogP contribution in [0.3, 0.4) is 0 Å². The highest BCUT2D eigenvalue weighted by atomic mass is 35.5. The number of carbonyl (C=O) groups excluding carboxylic acids is 1. The van der Waals surface area contributed by atoms with E-state index in [-0.39, 0.29) is 48.6 Å². The van der Waals surface area contributed by atoms with Gasteiger partial charge in [0, 0.05) is 49.9 Å². The number of ether oxygens (including phenoxy) is 3. The van der Waals surface area contributed by atoms with E-state index in [1.165, 1.54) is 13.2 Å². The minimum atomic E-state index is -0.673. The molecule has 0 saturated carbocycles. The molecule has 1 N–H and O–H groups in total. The van der Waals surface area contributed by atoms with Crippen LogP contribution in [0.15, 0.2) is 24.3 Å². The Kier molecular flexibility index (Phi) is 7.83. The van der Waals surface area contributed by atoms with Crippen molar-refractivity contribution in [2.24, 2.45) is 0 Å². The number of hydrogen-bond acceptors (Lipinski definition) is 7. The van der Waals surface area contributed by atoms with Gasteiger partial charge in [-0.15, -0.1) is 12.4 Å². The van der Waals surface area contributed by atoms with Crippen molar-refractivity contribution < 1.29 is 28.5 Å². The number of rotatable bonds is 5. The Morgan fingerprint density at radius 2 is 2.08 bits per heavy atom. The number of halogens is 2. The number of cyclic esters (lactones) is 1. The van der Waals surface area contributed by atoms with Crippen LogP contribution in [0.25, 0.3) is 4.85 Å². The molecule has 10 heteroatoms. The molecule has 0 unspecified atom stereocenters. The van der Waals surface area contributed by atoms with E-state index in [0.717, 1.165) is 36.3 Å². The fraction of sp³-hybridized carbons (Fsp3) is 0.462. The summed E-state index contributed by atoms with van der Waals surface area (Å²) in [7, 11) is 1.40. The number of carbonyl (C=O) groups is 1. The van der Waals surface area contributed by atoms with Crippen LogP contribution in [-0.4, -0.2) is 73.4 Å². The van der Waals surface area contributed by atoms with E-state index in [2.05, 4.69) is 14.6 Å². The molecule has 8 nitrogen and oxygen atoms in total. The standard InChI is InChI=1S/C26H28FN3O5.ClH/c1-15-17(4-5-18-20(15)14-35-26(18)32)22(31)11-29-8-9-30-12-23(34-13-16(30)10-29)19-6-7-21(28-2)24(27)25(19)33-3;/h4-7,16,22-23,31H,8-14H2,1,3H3;1H/t16-,22+,23-;/m0./s1. The molecule has 2 fully saturated rings. The van der Waals surface area contributed by atoms with Crippen molar-refractivity contribution in [3.63, 3.8) is 0 Å². The van der Waals surface area contributed by atoms with E-state index in [9.17, 15) is 14.3 Å². The first-order valence-electron chi connectivity index (χ1n) is 11.7. The van der Waals surface area contributed by atoms with Crippen LogP contribution in [0.5, 0.6) is 5.75 Å². The zero-order chi connectivity index (χ0) is 24.7. The number of hydrogen-bond donors (Lipinski definition) is 1. The van der Waals surface area contributed by atoms with Gasteiger partial charge in [0.05, 0.1) is 38.1 Å². The molecule has 0 radical (unpaired) electrons. The van der Waals surface area contributed by atoms with Gasteiger partial charge in [-0.25, -0.2) is 14.0 Å². The largest absolute Gasteiger partial charge is 0.495 e. The molecule has 2 saturated heterocycles. The molecule has 0 aliphatic carbocycles. The summed E-state index contributed by atoms with van der Waals surface area (Å²) in [6.07, 6.45) is -1.01. The van der Waals surface area contributed by atoms with Gasteiger partial charge in [0.25, 0.3) is 0 Å². The Hall–Kier alpha value is -2.74. The topological polar surface area (TPSA) is 75.8 Å². The minimum Gasteiger partial charge on any atom is -0.495 e. The Labute approximate surface area is 215 Å². The van der Waals surface area contributed by atoms with Gasteiger partial charge in [0.2, 0.25) is 5.69 Å². The molecule has 0 amide bonds. The van der Waals surface area contributed by atoms with Gasteiger partial charge in [-0.05, 0) is 24.1 Å². The quantitative estimate of drug-likeness (QED) is 0.480. The fourth-order valence-electron chi connectivity index (χ4n) is 5.38. The number of fused-ring (bicyclic) bond motifs is 2. The van der Waals surface area contributed by atoms with Crippen molar-refractivity contribution in [3.05, 3.63) is 69.3 Å². The van der Waals surface area contributed by atoms with Crippen LogP contribution in [-0.2, 0) is 16.1 Å². The Balaban J connectivity index is 0.00000304. The number of esters is 1. The SMILES string of the molecule is Cl.[C-]#[N+]c1ccc([C@@H]2CN3CCN(C[C@@H](O)c4ccc5c(c4C)COC5=O)C[C@H]3CO2)c(OC)c1F. The smallest absolute Gasteiger partial charge is 0.338 e. The van der Waals surface area contributed by atoms with E-state index in [0.29, 0.717) is 30.8 Å². The van der Waals surface area contributed by atoms with Crippen LogP contribution < -0.4 is 4.74 Å². The summed E-state index contributed by atoms with van der Waals surface area (Å²) in [6, 6.07) is 6.91. The number of benzene rings is 2. The second-order valence-electron chi connectivity index (χ2n) is 9.26. The summed E-state index contributed by atoms with van der Waals surface area (Å²) in [5.41, 5.74) is 3.73. The van der Waals surface area contributed by atoms with E-state index in [1.54, 1.807) is 12.1 Å². The predicted octanol–water partition coefficient (Wildman–Crippen LogP) is 3.58. The molecule has 192 valence electrons. The maximum absolute atomic E-state index is 14.6. The van der Waals surface area contributed by atoms with E-state index >= 15 is 0 Å². The molecule has 36 heavy (non-hydrogen) atoms. The number of β-amino-alcohol motifs (C(OH)–C–C–N with tert-alkyl or cyclic N) is 1. The summed E-state index contributed by atoms with van der Waals surface area (Å²) in [5.74, 6) is -0.888. The third-order valence-electron chi connectivity index (χ3n) is 7.36. The molecular formula is C26H29ClFN3O5. The van der Waals surface area contributed by atoms with Crippen LogP contribution >= 0.6 is 12.4 Å². The first kappa shape index (κ1) is 26.3. The highest BCUT2D eigenvalue weighted by molar-refractivity contribution is 5.94. The van der Waals surface area contributed by atoms with E-state index in [1.807, 2.05) is 13.0 Å². The molecule has 0 spiro atoms. The van der Waals surface area contributed by atoms with Crippen LogP contribution in [0.4, 0.5) is 10.1 Å². The van der Waals surface area contributed by atoms with E-state index < -0.39 is 11.9 Å². The van der Waals surface area contributed by atoms with Gasteiger partial charge in [-0.3, -0.25) is 9.80 Å². The maximum atomic E-state index is 14.6. The third-order valence-corrected chi connectivity index (χ3v) is 7.36. The van der Waals surface area contributed by atoms with Gasteiger partial charge in [0.15, 0.2) is 5.82 Å². The molecule has 3 atom stereocenters. The summed E-state index contributed by atoms with van der Waals surface area (Å²) in [5, 5.41) is 11.0. The first-order valence-corrected chi connectivity index (χ1v) is 11.7. The lowest BCUT2D eigenvalue weighted by atomic mass is 9.95. The summed E-state index contributed by atoms with van der Waals surface area (Å²) in [6.45, 7) is 13.2. The van der Waals surface area contributed by atoms with Crippen molar-refractivity contribution in [2.45, 2.75) is 31.8 Å². The van der Waals surface area contributed by atoms with Gasteiger partial charge < -0.3 is 19.3 Å². The predicted molar refractivity (Wildman–Crippen MR) is 132 cm³/mol. The van der Waals surface area contributed by atoms with Crippen molar-refractivity contribution in [2.75, 3.05) is 46.4 Å². The lowest BCUT2D eigenvalue weighted by molar-refractivity contribution is -0.0943. The lowest BCUT2D eigenvalue weighted by Crippen LogP contribution is -2.58. The normalized spacial score (nSPS) is 22.6. The molecule has 3 heterocycles. The van der Waals surface area contributed by atoms with Crippen molar-refractivity contribution >= 4 is 24.1 Å². The molecule has 0 aromatic heterocycles. The minimum absolute atomic E-state index is 0. The second kappa shape index (κ2) is 10.7. The highest BCUT2D eigenvalue weighted by Gasteiger charge is 2.36. The number of nitrogens with zero attached hydrogens (tertiary/aromatic N) is 3. The number of morpholine rings is 1. The molecule has 0 bridgehead atoms. The van der Waals surface area contributed by atoms with Crippen molar-refractivity contribution in [3.8, 4) is 5.75 Å². The molecule has 2 aromatic rings. The van der Waals surface area contributed by atoms with Crippen molar-refractivity contribution in [1.82, 2.24) is 9.80 Å². The van der Waals surface area contributed by atoms with Gasteiger partial charge in [-0.2, -0.15) is 0 Å². The van der Waals surface area contributed by atoms with Crippen molar-refractivity contribution in [1.29, 1.82) is 0 Å². The average molecular weight is 518 g/mol. The van der Waals surface area contributed by atoms with Crippen LogP contribution in [0.2, 0.25) is 0 Å². The highest BCUT2D eigenvalue weighted by Crippen LogP contribution is 2.38. The van der Waals surface area contributed by atoms with Crippen LogP contribution in [0.1, 0.15) is 44.8 Å². The first-order chi connectivity index (χ1) is 16.9. The fourth-order valence-corrected chi connectivity index (χ4v) is 5.38. The van der Waals surface area contributed by atoms with E-state index in [4.69, 9.17) is 20.8 Å². The van der Waals surface area contributed by atoms with Gasteiger partial charge in [-0.1, -0.05) is 18.2 Å². The monoisotopic (exact) mass is 517 g/mol. The molecule has 5 rings (SSSR count). The summed E-state index contributed by atoms with van der Waals surface area (Å²) in [4.78, 5) is 19.6. The van der Waals surface area contributed by atoms with Gasteiger partial charge >= 0.3 is 5.97 Å². The Morgan fingerprint density at radius 3 is 2.83 bits per heavy atom. The number of aliphatic hydroxyl groups excluding tert-OH is 1. The van der Waals surface area contributed by atoms with Gasteiger partial charge in [0.1, 0.15) is 12.4 Å². The zero-order valence-corrected chi connectivity index (χ0v) is 21.0. The lowest BCUT2D eigenvalue weighted by Gasteiger charge is -2.46. The Morgan fingerprint density at radius 1 is 1.28 bits per heavy atom. The molecule has 3 aliphatic heterocycles. The summed E-state index contributed by atoms with van der Waals surface area (Å²) < 4.78 is 31.1. The summed E-state index contributed by atoms with van der Waals surface area (Å²) >= 11 is 0. The second-order valence-corrected chi connectivity index (χ2v) is 9.26. The zero-order valence-electron chi connectivity index (χ0n) is 20.2. The van der Waals surface area contributed by atoms with Crippen LogP contribution in [0, 0.1) is 19.3 Å².